The predicted molar refractivity (Wildman–Crippen MR) is 128 cm³/mol. The highest BCUT2D eigenvalue weighted by molar-refractivity contribution is 7.89. The van der Waals surface area contributed by atoms with Gasteiger partial charge in [-0.3, -0.25) is 14.5 Å². The molecule has 2 aromatic rings. The first-order valence-corrected chi connectivity index (χ1v) is 12.9. The highest BCUT2D eigenvalue weighted by atomic mass is 32.2. The molecule has 0 spiro atoms. The summed E-state index contributed by atoms with van der Waals surface area (Å²) < 4.78 is 46.1. The fourth-order valence-corrected chi connectivity index (χ4v) is 6.03. The first-order valence-electron chi connectivity index (χ1n) is 11.5. The smallest absolute Gasteiger partial charge is 0.325 e. The molecule has 0 aromatic heterocycles. The molecule has 2 saturated heterocycles. The first kappa shape index (κ1) is 25.7. The van der Waals surface area contributed by atoms with Crippen molar-refractivity contribution < 1.29 is 31.9 Å². The highest BCUT2D eigenvalue weighted by Gasteiger charge is 2.51. The van der Waals surface area contributed by atoms with E-state index in [1.165, 1.54) is 34.6 Å². The van der Waals surface area contributed by atoms with Gasteiger partial charge in [-0.1, -0.05) is 25.1 Å². The van der Waals surface area contributed by atoms with Gasteiger partial charge in [-0.05, 0) is 48.7 Å². The summed E-state index contributed by atoms with van der Waals surface area (Å²) in [6, 6.07) is 8.97. The Morgan fingerprint density at radius 2 is 1.81 bits per heavy atom. The molecule has 192 valence electrons. The van der Waals surface area contributed by atoms with Gasteiger partial charge in [0, 0.05) is 18.8 Å². The minimum atomic E-state index is -3.80. The highest BCUT2D eigenvalue weighted by Crippen LogP contribution is 2.32. The summed E-state index contributed by atoms with van der Waals surface area (Å²) in [6.45, 7) is 3.86. The van der Waals surface area contributed by atoms with Crippen LogP contribution in [0.2, 0.25) is 0 Å². The normalized spacial score (nSPS) is 20.9. The maximum Gasteiger partial charge on any atom is 0.325 e. The summed E-state index contributed by atoms with van der Waals surface area (Å²) in [7, 11) is -3.80. The molecule has 4 rings (SSSR count). The molecule has 1 atom stereocenters. The molecule has 2 aliphatic heterocycles. The number of morpholine rings is 1. The van der Waals surface area contributed by atoms with Crippen LogP contribution < -0.4 is 10.6 Å². The number of carbonyl (C=O) groups excluding carboxylic acids is 3. The van der Waals surface area contributed by atoms with Crippen LogP contribution in [0, 0.1) is 12.7 Å². The van der Waals surface area contributed by atoms with E-state index in [0.717, 1.165) is 4.90 Å². The van der Waals surface area contributed by atoms with Crippen LogP contribution in [0.1, 0.15) is 24.5 Å². The third-order valence-corrected chi connectivity index (χ3v) is 8.45. The number of nitrogens with zero attached hydrogens (tertiary/aromatic N) is 2. The maximum absolute atomic E-state index is 13.4. The van der Waals surface area contributed by atoms with E-state index >= 15 is 0 Å². The lowest BCUT2D eigenvalue weighted by molar-refractivity contribution is -0.134. The number of hydrogen-bond donors (Lipinski definition) is 2. The van der Waals surface area contributed by atoms with Gasteiger partial charge in [0.1, 0.15) is 17.9 Å². The number of ether oxygens (including phenoxy) is 1. The average molecular weight is 519 g/mol. The fourth-order valence-electron chi connectivity index (χ4n) is 4.37. The van der Waals surface area contributed by atoms with Gasteiger partial charge in [-0.2, -0.15) is 4.31 Å². The molecule has 0 saturated carbocycles. The lowest BCUT2D eigenvalue weighted by Gasteiger charge is -2.27. The third-order valence-electron chi connectivity index (χ3n) is 6.40. The quantitative estimate of drug-likeness (QED) is 0.540. The number of amides is 4. The predicted octanol–water partition coefficient (Wildman–Crippen LogP) is 1.95. The number of urea groups is 1. The molecule has 2 heterocycles. The van der Waals surface area contributed by atoms with Crippen molar-refractivity contribution in [3.8, 4) is 0 Å². The molecule has 2 N–H and O–H groups in total. The van der Waals surface area contributed by atoms with Crippen molar-refractivity contribution in [1.29, 1.82) is 0 Å². The van der Waals surface area contributed by atoms with Gasteiger partial charge < -0.3 is 15.4 Å². The summed E-state index contributed by atoms with van der Waals surface area (Å²) in [4.78, 5) is 39.5. The number of carbonyl (C=O) groups is 3. The van der Waals surface area contributed by atoms with Crippen molar-refractivity contribution >= 4 is 33.6 Å². The number of aryl methyl sites for hydroxylation is 1. The van der Waals surface area contributed by atoms with E-state index in [2.05, 4.69) is 10.6 Å². The Kier molecular flexibility index (Phi) is 7.12. The third kappa shape index (κ3) is 4.71. The SMILES string of the molecule is CCC1(c2ccc(F)cc2)NC(=O)N(CC(=O)Nc2ccc(C)c(S(=O)(=O)N3CCOCC3)c2)C1=O. The molecular weight excluding hydrogens is 491 g/mol. The van der Waals surface area contributed by atoms with Crippen LogP contribution in [-0.4, -0.2) is 68.3 Å². The molecular formula is C24H27FN4O6S. The monoisotopic (exact) mass is 518 g/mol. The van der Waals surface area contributed by atoms with Crippen molar-refractivity contribution in [2.45, 2.75) is 30.7 Å². The number of nitrogens with one attached hydrogen (secondary N) is 2. The van der Waals surface area contributed by atoms with Crippen LogP contribution in [0.25, 0.3) is 0 Å². The number of halogens is 1. The molecule has 2 aromatic carbocycles. The van der Waals surface area contributed by atoms with Gasteiger partial charge >= 0.3 is 6.03 Å². The molecule has 12 heteroatoms. The Morgan fingerprint density at radius 1 is 1.14 bits per heavy atom. The Morgan fingerprint density at radius 3 is 2.44 bits per heavy atom. The summed E-state index contributed by atoms with van der Waals surface area (Å²) in [5, 5.41) is 5.21. The number of benzene rings is 2. The number of hydrogen-bond acceptors (Lipinski definition) is 6. The van der Waals surface area contributed by atoms with Crippen LogP contribution in [0.3, 0.4) is 0 Å². The number of sulfonamides is 1. The molecule has 1 unspecified atom stereocenters. The van der Waals surface area contributed by atoms with Crippen molar-refractivity contribution in [2.24, 2.45) is 0 Å². The summed E-state index contributed by atoms with van der Waals surface area (Å²) in [6.07, 6.45) is 0.196. The number of imide groups is 1. The molecule has 2 aliphatic rings. The summed E-state index contributed by atoms with van der Waals surface area (Å²) in [5.41, 5.74) is -0.275. The van der Waals surface area contributed by atoms with E-state index in [4.69, 9.17) is 4.74 Å². The Balaban J connectivity index is 1.51. The molecule has 0 bridgehead atoms. The van der Waals surface area contributed by atoms with E-state index in [9.17, 15) is 27.2 Å². The van der Waals surface area contributed by atoms with E-state index in [1.807, 2.05) is 0 Å². The zero-order valence-electron chi connectivity index (χ0n) is 19.9. The van der Waals surface area contributed by atoms with Gasteiger partial charge in [-0.15, -0.1) is 0 Å². The zero-order valence-corrected chi connectivity index (χ0v) is 20.7. The van der Waals surface area contributed by atoms with E-state index in [1.54, 1.807) is 26.0 Å². The topological polar surface area (TPSA) is 125 Å². The molecule has 4 amide bonds. The maximum atomic E-state index is 13.4. The van der Waals surface area contributed by atoms with Crippen LogP contribution >= 0.6 is 0 Å². The molecule has 36 heavy (non-hydrogen) atoms. The second-order valence-electron chi connectivity index (χ2n) is 8.63. The largest absolute Gasteiger partial charge is 0.379 e. The fraction of sp³-hybridized carbons (Fsp3) is 0.375. The van der Waals surface area contributed by atoms with Gasteiger partial charge in [0.2, 0.25) is 15.9 Å². The molecule has 2 fully saturated rings. The van der Waals surface area contributed by atoms with E-state index in [-0.39, 0.29) is 30.1 Å². The van der Waals surface area contributed by atoms with Crippen LogP contribution in [0.15, 0.2) is 47.4 Å². The second kappa shape index (κ2) is 9.96. The van der Waals surface area contributed by atoms with Gasteiger partial charge in [-0.25, -0.2) is 17.6 Å². The second-order valence-corrected chi connectivity index (χ2v) is 10.5. The number of anilines is 1. The summed E-state index contributed by atoms with van der Waals surface area (Å²) >= 11 is 0. The minimum absolute atomic E-state index is 0.0542. The van der Waals surface area contributed by atoms with Crippen molar-refractivity contribution in [3.63, 3.8) is 0 Å². The van der Waals surface area contributed by atoms with Crippen molar-refractivity contribution in [2.75, 3.05) is 38.2 Å². The van der Waals surface area contributed by atoms with Crippen molar-refractivity contribution in [1.82, 2.24) is 14.5 Å². The van der Waals surface area contributed by atoms with Gasteiger partial charge in [0.15, 0.2) is 0 Å². The molecule has 0 radical (unpaired) electrons. The van der Waals surface area contributed by atoms with Gasteiger partial charge in [0.05, 0.1) is 18.1 Å². The Bertz CT molecular complexity index is 1290. The van der Waals surface area contributed by atoms with E-state index < -0.39 is 45.8 Å². The molecule has 10 nitrogen and oxygen atoms in total. The lowest BCUT2D eigenvalue weighted by atomic mass is 9.87. The van der Waals surface area contributed by atoms with Crippen LogP contribution in [0.5, 0.6) is 0 Å². The standard InChI is InChI=1S/C24H27FN4O6S/c1-3-24(17-5-7-18(25)8-6-17)22(31)29(23(32)27-24)15-21(30)26-19-9-4-16(2)20(14-19)36(33,34)28-10-12-35-13-11-28/h4-9,14H,3,10-13,15H2,1-2H3,(H,26,30)(H,27,32). The minimum Gasteiger partial charge on any atom is -0.379 e. The Labute approximate surface area is 208 Å². The van der Waals surface area contributed by atoms with Crippen molar-refractivity contribution in [3.05, 3.63) is 59.4 Å². The summed E-state index contributed by atoms with van der Waals surface area (Å²) in [5.74, 6) is -1.79. The van der Waals surface area contributed by atoms with E-state index in [0.29, 0.717) is 24.3 Å². The Hall–Kier alpha value is -3.35. The average Bonchev–Trinajstić information content (AvgIpc) is 3.11. The van der Waals surface area contributed by atoms with Crippen LogP contribution in [0.4, 0.5) is 14.9 Å². The first-order chi connectivity index (χ1) is 17.1. The lowest BCUT2D eigenvalue weighted by Crippen LogP contribution is -2.44. The number of rotatable bonds is 7. The van der Waals surface area contributed by atoms with Crippen LogP contribution in [-0.2, 0) is 29.9 Å². The zero-order chi connectivity index (χ0) is 26.1. The molecule has 0 aliphatic carbocycles. The van der Waals surface area contributed by atoms with Gasteiger partial charge in [0.25, 0.3) is 5.91 Å².